The number of hydrogen-bond donors (Lipinski definition) is 2. The summed E-state index contributed by atoms with van der Waals surface area (Å²) in [5, 5.41) is 5.55. The molecule has 0 spiro atoms. The second-order valence-electron chi connectivity index (χ2n) is 7.46. The Morgan fingerprint density at radius 3 is 2.77 bits per heavy atom. The van der Waals surface area contributed by atoms with Gasteiger partial charge < -0.3 is 15.5 Å². The number of halogens is 3. The van der Waals surface area contributed by atoms with Crippen LogP contribution < -0.4 is 10.6 Å². The van der Waals surface area contributed by atoms with Crippen LogP contribution >= 0.6 is 11.6 Å². The van der Waals surface area contributed by atoms with Gasteiger partial charge in [-0.25, -0.2) is 13.6 Å². The Labute approximate surface area is 179 Å². The molecule has 0 radical (unpaired) electrons. The van der Waals surface area contributed by atoms with E-state index in [1.165, 1.54) is 24.3 Å². The molecule has 5 nitrogen and oxygen atoms in total. The summed E-state index contributed by atoms with van der Waals surface area (Å²) in [6.45, 7) is 1.48. The first-order valence-electron chi connectivity index (χ1n) is 9.93. The van der Waals surface area contributed by atoms with Crippen molar-refractivity contribution in [2.24, 2.45) is 5.92 Å². The predicted molar refractivity (Wildman–Crippen MR) is 112 cm³/mol. The van der Waals surface area contributed by atoms with E-state index in [1.807, 2.05) is 0 Å². The molecule has 1 fully saturated rings. The molecule has 0 bridgehead atoms. The number of carbonyl (C=O) groups is 2. The van der Waals surface area contributed by atoms with Crippen molar-refractivity contribution < 1.29 is 18.4 Å². The van der Waals surface area contributed by atoms with E-state index in [2.05, 4.69) is 10.6 Å². The molecule has 30 heavy (non-hydrogen) atoms. The molecule has 2 N–H and O–H groups in total. The molecule has 1 aliphatic heterocycles. The van der Waals surface area contributed by atoms with Crippen LogP contribution in [0.15, 0.2) is 42.5 Å². The van der Waals surface area contributed by atoms with Gasteiger partial charge in [0.05, 0.1) is 5.02 Å². The topological polar surface area (TPSA) is 61.4 Å². The molecule has 0 aromatic heterocycles. The fourth-order valence-electron chi connectivity index (χ4n) is 3.53. The van der Waals surface area contributed by atoms with Crippen LogP contribution in [0.5, 0.6) is 0 Å². The molecule has 0 saturated carbocycles. The quantitative estimate of drug-likeness (QED) is 0.673. The number of amides is 3. The van der Waals surface area contributed by atoms with Crippen LogP contribution in [0.2, 0.25) is 5.02 Å². The van der Waals surface area contributed by atoms with Gasteiger partial charge in [0.25, 0.3) is 0 Å². The lowest BCUT2D eigenvalue weighted by molar-refractivity contribution is -0.121. The molecular weight excluding hydrogens is 412 g/mol. The summed E-state index contributed by atoms with van der Waals surface area (Å²) in [7, 11) is 0. The number of nitrogens with one attached hydrogen (secondary N) is 2. The number of benzene rings is 2. The SMILES string of the molecule is O=C(CC[C@H]1CCCN(C(=O)Nc2cccc(F)c2)C1)NCc1ccc(F)c(Cl)c1. The van der Waals surface area contributed by atoms with E-state index >= 15 is 0 Å². The number of nitrogens with zero attached hydrogens (tertiary/aromatic N) is 1. The van der Waals surface area contributed by atoms with Crippen LogP contribution in [-0.4, -0.2) is 29.9 Å². The predicted octanol–water partition coefficient (Wildman–Crippen LogP) is 4.96. The summed E-state index contributed by atoms with van der Waals surface area (Å²) >= 11 is 5.75. The third-order valence-corrected chi connectivity index (χ3v) is 5.43. The molecule has 1 aliphatic rings. The number of rotatable bonds is 6. The molecular formula is C22H24ClF2N3O2. The van der Waals surface area contributed by atoms with E-state index in [0.717, 1.165) is 18.4 Å². The van der Waals surface area contributed by atoms with Crippen molar-refractivity contribution in [2.45, 2.75) is 32.2 Å². The van der Waals surface area contributed by atoms with Gasteiger partial charge in [0.2, 0.25) is 5.91 Å². The molecule has 3 amide bonds. The highest BCUT2D eigenvalue weighted by Crippen LogP contribution is 2.22. The van der Waals surface area contributed by atoms with Crippen molar-refractivity contribution in [3.8, 4) is 0 Å². The summed E-state index contributed by atoms with van der Waals surface area (Å²) in [5.41, 5.74) is 1.15. The molecule has 8 heteroatoms. The maximum atomic E-state index is 13.3. The minimum Gasteiger partial charge on any atom is -0.352 e. The first-order chi connectivity index (χ1) is 14.4. The van der Waals surface area contributed by atoms with Gasteiger partial charge in [-0.05, 0) is 61.1 Å². The molecule has 0 aliphatic carbocycles. The lowest BCUT2D eigenvalue weighted by Gasteiger charge is -2.32. The average molecular weight is 436 g/mol. The van der Waals surface area contributed by atoms with E-state index < -0.39 is 11.6 Å². The number of piperidine rings is 1. The fourth-order valence-corrected chi connectivity index (χ4v) is 3.73. The molecule has 1 atom stereocenters. The van der Waals surface area contributed by atoms with Gasteiger partial charge in [-0.2, -0.15) is 0 Å². The molecule has 3 rings (SSSR count). The van der Waals surface area contributed by atoms with Gasteiger partial charge in [0.15, 0.2) is 0 Å². The highest BCUT2D eigenvalue weighted by atomic mass is 35.5. The zero-order chi connectivity index (χ0) is 21.5. The summed E-state index contributed by atoms with van der Waals surface area (Å²) in [5.74, 6) is -0.770. The molecule has 160 valence electrons. The Hall–Kier alpha value is -2.67. The zero-order valence-electron chi connectivity index (χ0n) is 16.5. The van der Waals surface area contributed by atoms with Crippen LogP contribution in [0.25, 0.3) is 0 Å². The van der Waals surface area contributed by atoms with Crippen LogP contribution in [0.4, 0.5) is 19.3 Å². The minimum atomic E-state index is -0.491. The van der Waals surface area contributed by atoms with Crippen LogP contribution in [0.1, 0.15) is 31.2 Å². The van der Waals surface area contributed by atoms with Crippen molar-refractivity contribution in [3.63, 3.8) is 0 Å². The first-order valence-corrected chi connectivity index (χ1v) is 10.3. The van der Waals surface area contributed by atoms with Crippen LogP contribution in [0.3, 0.4) is 0 Å². The second kappa shape index (κ2) is 10.4. The monoisotopic (exact) mass is 435 g/mol. The Kier molecular flexibility index (Phi) is 7.63. The molecule has 1 saturated heterocycles. The number of hydrogen-bond acceptors (Lipinski definition) is 2. The van der Waals surface area contributed by atoms with E-state index in [9.17, 15) is 18.4 Å². The van der Waals surface area contributed by atoms with Crippen molar-refractivity contribution in [2.75, 3.05) is 18.4 Å². The lowest BCUT2D eigenvalue weighted by Crippen LogP contribution is -2.42. The van der Waals surface area contributed by atoms with Crippen LogP contribution in [0, 0.1) is 17.6 Å². The van der Waals surface area contributed by atoms with E-state index in [4.69, 9.17) is 11.6 Å². The van der Waals surface area contributed by atoms with Gasteiger partial charge in [-0.1, -0.05) is 23.7 Å². The molecule has 2 aromatic carbocycles. The van der Waals surface area contributed by atoms with Gasteiger partial charge in [-0.3, -0.25) is 4.79 Å². The number of anilines is 1. The Balaban J connectivity index is 1.42. The summed E-state index contributed by atoms with van der Waals surface area (Å²) in [6, 6.07) is 9.87. The van der Waals surface area contributed by atoms with Crippen molar-refractivity contribution in [3.05, 3.63) is 64.7 Å². The highest BCUT2D eigenvalue weighted by Gasteiger charge is 2.24. The lowest BCUT2D eigenvalue weighted by atomic mass is 9.93. The van der Waals surface area contributed by atoms with Gasteiger partial charge in [0, 0.05) is 31.7 Å². The fraction of sp³-hybridized carbons (Fsp3) is 0.364. The number of urea groups is 1. The minimum absolute atomic E-state index is 0.0283. The third-order valence-electron chi connectivity index (χ3n) is 5.14. The Morgan fingerprint density at radius 1 is 1.17 bits per heavy atom. The van der Waals surface area contributed by atoms with Gasteiger partial charge in [0.1, 0.15) is 11.6 Å². The van der Waals surface area contributed by atoms with E-state index in [0.29, 0.717) is 31.6 Å². The maximum Gasteiger partial charge on any atom is 0.321 e. The Bertz CT molecular complexity index is 910. The molecule has 2 aromatic rings. The molecule has 0 unspecified atom stereocenters. The number of carbonyl (C=O) groups excluding carboxylic acids is 2. The van der Waals surface area contributed by atoms with E-state index in [-0.39, 0.29) is 29.4 Å². The smallest absolute Gasteiger partial charge is 0.321 e. The van der Waals surface area contributed by atoms with E-state index in [1.54, 1.807) is 23.1 Å². The third kappa shape index (κ3) is 6.42. The normalized spacial score (nSPS) is 16.2. The first kappa shape index (κ1) is 22.0. The van der Waals surface area contributed by atoms with Crippen LogP contribution in [-0.2, 0) is 11.3 Å². The Morgan fingerprint density at radius 2 is 2.00 bits per heavy atom. The summed E-state index contributed by atoms with van der Waals surface area (Å²) < 4.78 is 26.5. The summed E-state index contributed by atoms with van der Waals surface area (Å²) in [6.07, 6.45) is 2.82. The summed E-state index contributed by atoms with van der Waals surface area (Å²) in [4.78, 5) is 26.3. The maximum absolute atomic E-state index is 13.3. The average Bonchev–Trinajstić information content (AvgIpc) is 2.73. The van der Waals surface area contributed by atoms with Crippen molar-refractivity contribution in [1.29, 1.82) is 0 Å². The van der Waals surface area contributed by atoms with Crippen molar-refractivity contribution in [1.82, 2.24) is 10.2 Å². The number of likely N-dealkylation sites (tertiary alicyclic amines) is 1. The highest BCUT2D eigenvalue weighted by molar-refractivity contribution is 6.30. The molecule has 1 heterocycles. The second-order valence-corrected chi connectivity index (χ2v) is 7.87. The zero-order valence-corrected chi connectivity index (χ0v) is 17.2. The van der Waals surface area contributed by atoms with Crippen molar-refractivity contribution >= 4 is 29.2 Å². The van der Waals surface area contributed by atoms with Gasteiger partial charge in [-0.15, -0.1) is 0 Å². The largest absolute Gasteiger partial charge is 0.352 e. The standard InChI is InChI=1S/C22H24ClF2N3O2/c23-19-11-16(6-8-20(19)25)13-26-21(29)9-7-15-3-2-10-28(14-15)22(30)27-18-5-1-4-17(24)12-18/h1,4-6,8,11-12,15H,2-3,7,9-10,13-14H2,(H,26,29)(H,27,30)/t15-/m1/s1. The van der Waals surface area contributed by atoms with Gasteiger partial charge >= 0.3 is 6.03 Å².